The van der Waals surface area contributed by atoms with Crippen LogP contribution in [0.15, 0.2) is 67.8 Å². The first-order valence-corrected chi connectivity index (χ1v) is 16.1. The molecule has 0 saturated carbocycles. The Morgan fingerprint density at radius 1 is 1.15 bits per heavy atom. The minimum Gasteiger partial charge on any atom is -0.465 e. The summed E-state index contributed by atoms with van der Waals surface area (Å²) in [5.41, 5.74) is 0.728. The number of anilines is 1. The Morgan fingerprint density at radius 3 is 2.66 bits per heavy atom. The fourth-order valence-corrected chi connectivity index (χ4v) is 10.4. The second kappa shape index (κ2) is 12.7. The second-order valence-electron chi connectivity index (χ2n) is 11.0. The zero-order valence-electron chi connectivity index (χ0n) is 23.1. The molecule has 218 valence electrons. The number of unbranched alkanes of at least 4 members (excludes halogenated alkanes) is 2. The van der Waals surface area contributed by atoms with Crippen LogP contribution in [0, 0.1) is 11.8 Å². The number of halogens is 1. The van der Waals surface area contributed by atoms with E-state index in [2.05, 4.69) is 29.1 Å². The lowest BCUT2D eigenvalue weighted by molar-refractivity contribution is -0.154. The lowest BCUT2D eigenvalue weighted by atomic mass is 9.71. The summed E-state index contributed by atoms with van der Waals surface area (Å²) in [6.45, 7) is 8.35. The number of ether oxygens (including phenoxy) is 1. The standard InChI is InChI=1S/C32H37BrN2O5S/c1-3-5-6-9-18-40-31(39)25-26-29(37)35(16-10-17-36)28(32(26)20-24(33)27(25)41-32)30(38)34(15-4-2)23-14-13-21-11-7-8-12-22(21)19-23/h3-4,7-8,11-14,19,24-28,36H,1-2,5-6,9-10,15-18,20H2/t24?,25-,26-,27-,28?,32?/m0/s1. The molecule has 3 heterocycles. The lowest BCUT2D eigenvalue weighted by Gasteiger charge is -2.37. The maximum absolute atomic E-state index is 14.6. The van der Waals surface area contributed by atoms with E-state index in [4.69, 9.17) is 4.74 Å². The molecule has 3 aliphatic heterocycles. The number of hydrogen-bond acceptors (Lipinski definition) is 6. The van der Waals surface area contributed by atoms with Crippen LogP contribution in [-0.2, 0) is 19.1 Å². The molecule has 0 aliphatic carbocycles. The van der Waals surface area contributed by atoms with Crippen molar-refractivity contribution in [3.05, 3.63) is 67.8 Å². The number of carbonyl (C=O) groups is 3. The van der Waals surface area contributed by atoms with Crippen LogP contribution in [0.25, 0.3) is 10.8 Å². The minimum atomic E-state index is -0.779. The zero-order chi connectivity index (χ0) is 29.1. The molecular formula is C32H37BrN2O5S. The van der Waals surface area contributed by atoms with Crippen LogP contribution < -0.4 is 4.90 Å². The van der Waals surface area contributed by atoms with Gasteiger partial charge in [0.1, 0.15) is 6.04 Å². The largest absolute Gasteiger partial charge is 0.465 e. The van der Waals surface area contributed by atoms with Crippen LogP contribution in [0.1, 0.15) is 32.1 Å². The molecule has 7 nitrogen and oxygen atoms in total. The zero-order valence-corrected chi connectivity index (χ0v) is 25.5. The summed E-state index contributed by atoms with van der Waals surface area (Å²) in [7, 11) is 0. The Bertz CT molecular complexity index is 1340. The summed E-state index contributed by atoms with van der Waals surface area (Å²) in [5.74, 6) is -2.04. The van der Waals surface area contributed by atoms with Gasteiger partial charge in [0.2, 0.25) is 5.91 Å². The Hall–Kier alpha value is -2.62. The van der Waals surface area contributed by atoms with Gasteiger partial charge in [0.15, 0.2) is 0 Å². The van der Waals surface area contributed by atoms with Crippen molar-refractivity contribution < 1.29 is 24.2 Å². The van der Waals surface area contributed by atoms with Crippen molar-refractivity contribution in [3.63, 3.8) is 0 Å². The minimum absolute atomic E-state index is 0.0310. The van der Waals surface area contributed by atoms with Crippen LogP contribution in [-0.4, -0.2) is 75.0 Å². The smallest absolute Gasteiger partial charge is 0.310 e. The fraction of sp³-hybridized carbons (Fsp3) is 0.469. The van der Waals surface area contributed by atoms with Gasteiger partial charge in [-0.2, -0.15) is 0 Å². The lowest BCUT2D eigenvalue weighted by Crippen LogP contribution is -2.55. The number of esters is 1. The molecule has 5 rings (SSSR count). The highest BCUT2D eigenvalue weighted by Gasteiger charge is 2.76. The monoisotopic (exact) mass is 640 g/mol. The third-order valence-corrected chi connectivity index (χ3v) is 11.7. The Balaban J connectivity index is 1.49. The van der Waals surface area contributed by atoms with E-state index < -0.39 is 22.6 Å². The quantitative estimate of drug-likeness (QED) is 0.142. The van der Waals surface area contributed by atoms with Crippen molar-refractivity contribution in [1.29, 1.82) is 0 Å². The van der Waals surface area contributed by atoms with Crippen molar-refractivity contribution in [2.45, 2.75) is 53.0 Å². The van der Waals surface area contributed by atoms with Gasteiger partial charge >= 0.3 is 5.97 Å². The first-order chi connectivity index (χ1) is 19.9. The summed E-state index contributed by atoms with van der Waals surface area (Å²) in [4.78, 5) is 45.5. The van der Waals surface area contributed by atoms with Crippen LogP contribution >= 0.6 is 27.7 Å². The highest BCUT2D eigenvalue weighted by Crippen LogP contribution is 2.68. The molecule has 1 spiro atoms. The number of rotatable bonds is 13. The molecule has 1 N–H and O–H groups in total. The van der Waals surface area contributed by atoms with Gasteiger partial charge in [0.05, 0.1) is 23.2 Å². The number of amides is 2. The first kappa shape index (κ1) is 29.9. The molecule has 41 heavy (non-hydrogen) atoms. The van der Waals surface area contributed by atoms with E-state index in [-0.39, 0.29) is 47.6 Å². The molecule has 3 saturated heterocycles. The van der Waals surface area contributed by atoms with Gasteiger partial charge in [-0.25, -0.2) is 0 Å². The number of hydrogen-bond donors (Lipinski definition) is 1. The summed E-state index contributed by atoms with van der Waals surface area (Å²) >= 11 is 5.39. The van der Waals surface area contributed by atoms with Gasteiger partial charge in [-0.1, -0.05) is 58.4 Å². The van der Waals surface area contributed by atoms with Crippen LogP contribution in [0.3, 0.4) is 0 Å². The molecule has 3 aliphatic rings. The van der Waals surface area contributed by atoms with Crippen molar-refractivity contribution in [3.8, 4) is 0 Å². The predicted octanol–water partition coefficient (Wildman–Crippen LogP) is 5.11. The number of fused-ring (bicyclic) bond motifs is 2. The normalized spacial score (nSPS) is 28.1. The van der Waals surface area contributed by atoms with Crippen LogP contribution in [0.2, 0.25) is 0 Å². The summed E-state index contributed by atoms with van der Waals surface area (Å²) in [6.07, 6.45) is 6.94. The second-order valence-corrected chi connectivity index (χ2v) is 13.7. The number of aliphatic hydroxyl groups is 1. The van der Waals surface area contributed by atoms with Gasteiger partial charge in [-0.05, 0) is 55.0 Å². The van der Waals surface area contributed by atoms with Crippen molar-refractivity contribution >= 4 is 61.9 Å². The van der Waals surface area contributed by atoms with Crippen molar-refractivity contribution in [1.82, 2.24) is 4.90 Å². The predicted molar refractivity (Wildman–Crippen MR) is 167 cm³/mol. The van der Waals surface area contributed by atoms with E-state index >= 15 is 0 Å². The SMILES string of the molecule is C=CCCCCOC(=O)[C@H]1[C@H]2C(=O)N(CCCO)C(C(=O)N(CC=C)c3ccc4ccccc4c3)C23CC(Br)[C@@H]1S3. The van der Waals surface area contributed by atoms with Gasteiger partial charge in [0, 0.05) is 35.5 Å². The van der Waals surface area contributed by atoms with E-state index in [1.807, 2.05) is 48.5 Å². The van der Waals surface area contributed by atoms with E-state index in [0.29, 0.717) is 19.4 Å². The molecule has 9 heteroatoms. The first-order valence-electron chi connectivity index (χ1n) is 14.3. The topological polar surface area (TPSA) is 87.1 Å². The Labute approximate surface area is 254 Å². The molecule has 3 fully saturated rings. The number of allylic oxidation sites excluding steroid dienone is 1. The average molecular weight is 642 g/mol. The Morgan fingerprint density at radius 2 is 1.93 bits per heavy atom. The third-order valence-electron chi connectivity index (χ3n) is 8.52. The number of aliphatic hydroxyl groups excluding tert-OH is 1. The number of nitrogens with zero attached hydrogens (tertiary/aromatic N) is 2. The molecule has 0 radical (unpaired) electrons. The molecule has 2 amide bonds. The number of carbonyl (C=O) groups excluding carboxylic acids is 3. The molecule has 3 unspecified atom stereocenters. The molecule has 6 atom stereocenters. The van der Waals surface area contributed by atoms with E-state index in [1.165, 1.54) is 0 Å². The molecule has 2 aromatic carbocycles. The molecule has 2 bridgehead atoms. The third kappa shape index (κ3) is 5.37. The maximum Gasteiger partial charge on any atom is 0.310 e. The maximum atomic E-state index is 14.6. The van der Waals surface area contributed by atoms with Crippen LogP contribution in [0.5, 0.6) is 0 Å². The van der Waals surface area contributed by atoms with Gasteiger partial charge in [0.25, 0.3) is 5.91 Å². The van der Waals surface area contributed by atoms with Crippen molar-refractivity contribution in [2.24, 2.45) is 11.8 Å². The van der Waals surface area contributed by atoms with E-state index in [1.54, 1.807) is 27.6 Å². The van der Waals surface area contributed by atoms with Crippen LogP contribution in [0.4, 0.5) is 5.69 Å². The molecule has 0 aromatic heterocycles. The van der Waals surface area contributed by atoms with E-state index in [9.17, 15) is 19.5 Å². The van der Waals surface area contributed by atoms with Gasteiger partial charge < -0.3 is 19.6 Å². The number of benzene rings is 2. The highest BCUT2D eigenvalue weighted by atomic mass is 79.9. The number of thioether (sulfide) groups is 1. The highest BCUT2D eigenvalue weighted by molar-refractivity contribution is 9.09. The van der Waals surface area contributed by atoms with Gasteiger partial charge in [-0.15, -0.1) is 24.9 Å². The Kier molecular flexibility index (Phi) is 9.26. The summed E-state index contributed by atoms with van der Waals surface area (Å²) in [5, 5.41) is 11.6. The number of likely N-dealkylation sites (tertiary alicyclic amines) is 1. The van der Waals surface area contributed by atoms with Gasteiger partial charge in [-0.3, -0.25) is 14.4 Å². The fourth-order valence-electron chi connectivity index (χ4n) is 6.76. The average Bonchev–Trinajstić information content (AvgIpc) is 3.57. The summed E-state index contributed by atoms with van der Waals surface area (Å²) < 4.78 is 4.94. The van der Waals surface area contributed by atoms with E-state index in [0.717, 1.165) is 35.7 Å². The van der Waals surface area contributed by atoms with Crippen molar-refractivity contribution in [2.75, 3.05) is 31.2 Å². The molecule has 2 aromatic rings. The summed E-state index contributed by atoms with van der Waals surface area (Å²) in [6, 6.07) is 13.1. The molecular weight excluding hydrogens is 604 g/mol. The number of alkyl halides is 1.